The van der Waals surface area contributed by atoms with E-state index in [9.17, 15) is 19.2 Å². The second kappa shape index (κ2) is 15.0. The van der Waals surface area contributed by atoms with Crippen LogP contribution < -0.4 is 16.2 Å². The van der Waals surface area contributed by atoms with Crippen LogP contribution in [-0.2, 0) is 37.1 Å². The number of nitrogens with zero attached hydrogens (tertiary/aromatic N) is 2. The van der Waals surface area contributed by atoms with Gasteiger partial charge < -0.3 is 34.0 Å². The molecule has 2 rings (SSSR count). The molecule has 2 amide bonds. The summed E-state index contributed by atoms with van der Waals surface area (Å²) in [5.41, 5.74) is -0.0407. The van der Waals surface area contributed by atoms with Crippen molar-refractivity contribution in [3.63, 3.8) is 0 Å². The lowest BCUT2D eigenvalue weighted by Gasteiger charge is -2.25. The highest BCUT2D eigenvalue weighted by atomic mass is 32.1. The molecule has 1 atom stereocenters. The predicted octanol–water partition coefficient (Wildman–Crippen LogP) is 3.62. The highest BCUT2D eigenvalue weighted by Crippen LogP contribution is 2.13. The molecule has 0 aliphatic heterocycles. The lowest BCUT2D eigenvalue weighted by Crippen LogP contribution is -2.51. The summed E-state index contributed by atoms with van der Waals surface area (Å²) in [5, 5.41) is 5.41. The summed E-state index contributed by atoms with van der Waals surface area (Å²) in [6.07, 6.45) is 2.29. The molecular weight excluding hydrogens is 538 g/mol. The molecule has 2 aromatic heterocycles. The van der Waals surface area contributed by atoms with E-state index < -0.39 is 23.7 Å². The zero-order valence-electron chi connectivity index (χ0n) is 24.5. The standard InChI is InChI=1S/C27H43N5O7S/c1-17(2)21(29-26(36)39-27(5,6)7)23(34)28-12-9-8-10-20(33)38-16-31-13-11-19-22(31)24(35)30-25(40)32(19)14-15-37-18(3)4/h11,13,17-18,21H,8-10,12,14-16H2,1-7H3,(H,28,34)(H,29,36)(H,30,35,40). The van der Waals surface area contributed by atoms with Crippen molar-refractivity contribution in [3.8, 4) is 0 Å². The minimum atomic E-state index is -0.738. The van der Waals surface area contributed by atoms with Gasteiger partial charge in [-0.3, -0.25) is 19.4 Å². The van der Waals surface area contributed by atoms with E-state index in [4.69, 9.17) is 26.4 Å². The summed E-state index contributed by atoms with van der Waals surface area (Å²) in [4.78, 5) is 52.2. The monoisotopic (exact) mass is 581 g/mol. The first-order chi connectivity index (χ1) is 18.7. The number of esters is 1. The molecule has 0 saturated carbocycles. The van der Waals surface area contributed by atoms with Crippen LogP contribution in [0.3, 0.4) is 0 Å². The SMILES string of the molecule is CC(C)OCCn1c(=S)[nH]c(=O)c2c1ccn2COC(=O)CCCCNC(=O)C(NC(=O)OC(C)(C)C)C(C)C. The van der Waals surface area contributed by atoms with Crippen LogP contribution >= 0.6 is 12.2 Å². The van der Waals surface area contributed by atoms with E-state index >= 15 is 0 Å². The van der Waals surface area contributed by atoms with Crippen molar-refractivity contribution < 1.29 is 28.6 Å². The number of carbonyl (C=O) groups excluding carboxylic acids is 3. The molecule has 0 bridgehead atoms. The maximum atomic E-state index is 12.6. The number of hydrogen-bond donors (Lipinski definition) is 3. The predicted molar refractivity (Wildman–Crippen MR) is 153 cm³/mol. The summed E-state index contributed by atoms with van der Waals surface area (Å²) < 4.78 is 19.9. The number of H-pyrrole nitrogens is 1. The molecule has 0 aliphatic carbocycles. The van der Waals surface area contributed by atoms with E-state index in [-0.39, 0.29) is 36.6 Å². The van der Waals surface area contributed by atoms with Crippen LogP contribution in [0.2, 0.25) is 0 Å². The molecule has 224 valence electrons. The van der Waals surface area contributed by atoms with Crippen molar-refractivity contribution in [2.24, 2.45) is 5.92 Å². The van der Waals surface area contributed by atoms with E-state index in [1.165, 1.54) is 0 Å². The van der Waals surface area contributed by atoms with Gasteiger partial charge in [-0.15, -0.1) is 0 Å². The lowest BCUT2D eigenvalue weighted by atomic mass is 10.0. The Morgan fingerprint density at radius 2 is 1.82 bits per heavy atom. The van der Waals surface area contributed by atoms with Crippen LogP contribution in [0.25, 0.3) is 11.0 Å². The van der Waals surface area contributed by atoms with Gasteiger partial charge in [0.25, 0.3) is 5.56 Å². The average molecular weight is 582 g/mol. The van der Waals surface area contributed by atoms with E-state index in [2.05, 4.69) is 15.6 Å². The molecular formula is C27H43N5O7S. The molecule has 1 unspecified atom stereocenters. The molecule has 2 aromatic rings. The van der Waals surface area contributed by atoms with E-state index in [1.54, 1.807) is 42.2 Å². The minimum Gasteiger partial charge on any atom is -0.444 e. The highest BCUT2D eigenvalue weighted by Gasteiger charge is 2.26. The summed E-state index contributed by atoms with van der Waals surface area (Å²) >= 11 is 5.32. The molecule has 12 nitrogen and oxygen atoms in total. The van der Waals surface area contributed by atoms with E-state index in [0.717, 1.165) is 0 Å². The largest absolute Gasteiger partial charge is 0.444 e. The third-order valence-corrected chi connectivity index (χ3v) is 6.10. The van der Waals surface area contributed by atoms with Crippen LogP contribution in [0, 0.1) is 10.7 Å². The van der Waals surface area contributed by atoms with Crippen LogP contribution in [0.1, 0.15) is 67.7 Å². The zero-order chi connectivity index (χ0) is 30.0. The first-order valence-corrected chi connectivity index (χ1v) is 14.0. The smallest absolute Gasteiger partial charge is 0.408 e. The zero-order valence-corrected chi connectivity index (χ0v) is 25.3. The lowest BCUT2D eigenvalue weighted by molar-refractivity contribution is -0.147. The van der Waals surface area contributed by atoms with Crippen LogP contribution in [0.4, 0.5) is 4.79 Å². The minimum absolute atomic E-state index is 0.0748. The summed E-state index contributed by atoms with van der Waals surface area (Å²) in [5.74, 6) is -0.877. The molecule has 0 fully saturated rings. The van der Waals surface area contributed by atoms with Gasteiger partial charge in [0, 0.05) is 25.7 Å². The van der Waals surface area contributed by atoms with Crippen molar-refractivity contribution in [3.05, 3.63) is 27.4 Å². The fraction of sp³-hybridized carbons (Fsp3) is 0.667. The average Bonchev–Trinajstić information content (AvgIpc) is 3.25. The first kappa shape index (κ1) is 33.0. The number of aromatic amines is 1. The van der Waals surface area contributed by atoms with Gasteiger partial charge in [0.05, 0.1) is 18.2 Å². The first-order valence-electron chi connectivity index (χ1n) is 13.6. The van der Waals surface area contributed by atoms with Crippen molar-refractivity contribution in [1.82, 2.24) is 24.8 Å². The molecule has 0 aliphatic rings. The summed E-state index contributed by atoms with van der Waals surface area (Å²) in [6.45, 7) is 13.9. The molecule has 13 heteroatoms. The summed E-state index contributed by atoms with van der Waals surface area (Å²) in [6, 6.07) is 1.02. The third kappa shape index (κ3) is 10.4. The number of amides is 2. The molecule has 2 heterocycles. The van der Waals surface area contributed by atoms with Crippen molar-refractivity contribution in [2.75, 3.05) is 13.2 Å². The number of alkyl carbamates (subject to hydrolysis) is 1. The van der Waals surface area contributed by atoms with Gasteiger partial charge in [0.2, 0.25) is 5.91 Å². The molecule has 0 radical (unpaired) electrons. The third-order valence-electron chi connectivity index (χ3n) is 5.77. The Morgan fingerprint density at radius 3 is 2.45 bits per heavy atom. The quantitative estimate of drug-likeness (QED) is 0.174. The maximum absolute atomic E-state index is 12.6. The Hall–Kier alpha value is -3.19. The topological polar surface area (TPSA) is 146 Å². The van der Waals surface area contributed by atoms with Gasteiger partial charge in [-0.1, -0.05) is 13.8 Å². The number of rotatable bonds is 14. The van der Waals surface area contributed by atoms with E-state index in [0.29, 0.717) is 48.3 Å². The Balaban J connectivity index is 1.82. The normalized spacial score (nSPS) is 12.5. The van der Waals surface area contributed by atoms with Crippen molar-refractivity contribution >= 4 is 41.2 Å². The van der Waals surface area contributed by atoms with E-state index in [1.807, 2.05) is 27.7 Å². The molecule has 0 saturated heterocycles. The van der Waals surface area contributed by atoms with Gasteiger partial charge in [0.15, 0.2) is 11.5 Å². The number of nitrogens with one attached hydrogen (secondary N) is 3. The molecule has 3 N–H and O–H groups in total. The number of carbonyl (C=O) groups is 3. The van der Waals surface area contributed by atoms with Gasteiger partial charge in [-0.25, -0.2) is 4.79 Å². The number of hydrogen-bond acceptors (Lipinski definition) is 8. The molecule has 40 heavy (non-hydrogen) atoms. The second-order valence-electron chi connectivity index (χ2n) is 11.1. The summed E-state index contributed by atoms with van der Waals surface area (Å²) in [7, 11) is 0. The van der Waals surface area contributed by atoms with Crippen molar-refractivity contribution in [1.29, 1.82) is 0 Å². The Kier molecular flexibility index (Phi) is 12.4. The van der Waals surface area contributed by atoms with Gasteiger partial charge >= 0.3 is 12.1 Å². The number of aromatic nitrogens is 3. The molecule has 0 aromatic carbocycles. The Labute approximate surface area is 239 Å². The molecule has 0 spiro atoms. The second-order valence-corrected chi connectivity index (χ2v) is 11.5. The van der Waals surface area contributed by atoms with Crippen LogP contribution in [0.5, 0.6) is 0 Å². The van der Waals surface area contributed by atoms with Gasteiger partial charge in [-0.2, -0.15) is 0 Å². The fourth-order valence-corrected chi connectivity index (χ4v) is 4.15. The van der Waals surface area contributed by atoms with Gasteiger partial charge in [-0.05, 0) is 71.7 Å². The van der Waals surface area contributed by atoms with Crippen molar-refractivity contribution in [2.45, 2.75) is 98.8 Å². The highest BCUT2D eigenvalue weighted by molar-refractivity contribution is 7.71. The number of ether oxygens (including phenoxy) is 3. The fourth-order valence-electron chi connectivity index (χ4n) is 3.87. The van der Waals surface area contributed by atoms with Crippen LogP contribution in [0.15, 0.2) is 17.1 Å². The van der Waals surface area contributed by atoms with Gasteiger partial charge in [0.1, 0.15) is 17.2 Å². The maximum Gasteiger partial charge on any atom is 0.408 e. The number of unbranched alkanes of at least 4 members (excludes halogenated alkanes) is 1. The van der Waals surface area contributed by atoms with Crippen LogP contribution in [-0.4, -0.2) is 63.0 Å². The number of fused-ring (bicyclic) bond motifs is 1. The Bertz CT molecular complexity index is 1270. The Morgan fingerprint density at radius 1 is 1.12 bits per heavy atom.